The number of aliphatic hydroxyl groups is 1. The van der Waals surface area contributed by atoms with Crippen molar-refractivity contribution in [2.75, 3.05) is 18.6 Å². The van der Waals surface area contributed by atoms with Crippen LogP contribution in [0.3, 0.4) is 0 Å². The third-order valence-corrected chi connectivity index (χ3v) is 6.44. The van der Waals surface area contributed by atoms with E-state index in [1.807, 2.05) is 20.8 Å². The van der Waals surface area contributed by atoms with Gasteiger partial charge in [-0.3, -0.25) is 14.5 Å². The van der Waals surface area contributed by atoms with E-state index in [1.165, 1.54) is 4.90 Å². The van der Waals surface area contributed by atoms with Crippen molar-refractivity contribution in [2.24, 2.45) is 0 Å². The number of amides is 1. The van der Waals surface area contributed by atoms with Gasteiger partial charge in [0.2, 0.25) is 0 Å². The van der Waals surface area contributed by atoms with Gasteiger partial charge in [-0.1, -0.05) is 29.8 Å². The summed E-state index contributed by atoms with van der Waals surface area (Å²) in [6, 6.07) is 16.5. The van der Waals surface area contributed by atoms with Crippen molar-refractivity contribution >= 4 is 34.7 Å². The van der Waals surface area contributed by atoms with E-state index >= 15 is 0 Å². The smallest absolute Gasteiger partial charge is 0.300 e. The van der Waals surface area contributed by atoms with E-state index in [0.29, 0.717) is 39.9 Å². The number of hydrogen-bond acceptors (Lipinski definition) is 5. The second-order valence-corrected chi connectivity index (χ2v) is 8.70. The molecule has 0 aromatic heterocycles. The molecule has 1 heterocycles. The molecule has 1 N–H and O–H groups in total. The zero-order chi connectivity index (χ0) is 25.3. The van der Waals surface area contributed by atoms with Crippen molar-refractivity contribution in [1.29, 1.82) is 0 Å². The Morgan fingerprint density at radius 1 is 1.03 bits per heavy atom. The van der Waals surface area contributed by atoms with E-state index in [4.69, 9.17) is 21.1 Å². The van der Waals surface area contributed by atoms with Crippen LogP contribution in [0, 0.1) is 13.8 Å². The van der Waals surface area contributed by atoms with Gasteiger partial charge < -0.3 is 14.6 Å². The number of halogens is 1. The van der Waals surface area contributed by atoms with Crippen LogP contribution in [-0.2, 0) is 9.59 Å². The minimum absolute atomic E-state index is 0.0106. The lowest BCUT2D eigenvalue weighted by Gasteiger charge is -2.26. The van der Waals surface area contributed by atoms with Gasteiger partial charge in [-0.2, -0.15) is 0 Å². The molecule has 0 bridgehead atoms. The normalized spacial score (nSPS) is 17.1. The quantitative estimate of drug-likeness (QED) is 0.260. The number of benzene rings is 3. The fourth-order valence-corrected chi connectivity index (χ4v) is 4.40. The number of carbonyl (C=O) groups excluding carboxylic acids is 2. The molecule has 0 radical (unpaired) electrons. The molecular formula is C28H26ClNO5. The predicted octanol–water partition coefficient (Wildman–Crippen LogP) is 5.99. The number of Topliss-reactive ketones (excluding diaryl/α,β-unsaturated/α-hetero) is 1. The lowest BCUT2D eigenvalue weighted by molar-refractivity contribution is -0.132. The average molecular weight is 492 g/mol. The highest BCUT2D eigenvalue weighted by Gasteiger charge is 2.47. The topological polar surface area (TPSA) is 76.1 Å². The van der Waals surface area contributed by atoms with Crippen LogP contribution < -0.4 is 14.4 Å². The van der Waals surface area contributed by atoms with Gasteiger partial charge in [0.15, 0.2) is 0 Å². The SMILES string of the molecule is CCOc1ccc(/C(O)=C2\C(=O)C(=O)N(c3ccc(C)c(Cl)c3)C2c2cccc(OC)c2)cc1C. The van der Waals surface area contributed by atoms with E-state index in [2.05, 4.69) is 0 Å². The second-order valence-electron chi connectivity index (χ2n) is 8.29. The Labute approximate surface area is 209 Å². The standard InChI is InChI=1S/C28H26ClNO5/c1-5-35-23-12-10-19(13-17(23)3)26(31)24-25(18-7-6-8-21(14-18)34-4)30(28(33)27(24)32)20-11-9-16(2)22(29)15-20/h6-15,25,31H,5H2,1-4H3/b26-24+. The van der Waals surface area contributed by atoms with Gasteiger partial charge in [-0.05, 0) is 79.9 Å². The molecule has 1 saturated heterocycles. The molecular weight excluding hydrogens is 466 g/mol. The van der Waals surface area contributed by atoms with Crippen LogP contribution in [0.5, 0.6) is 11.5 Å². The summed E-state index contributed by atoms with van der Waals surface area (Å²) in [6.07, 6.45) is 0. The zero-order valence-electron chi connectivity index (χ0n) is 20.0. The largest absolute Gasteiger partial charge is 0.507 e. The van der Waals surface area contributed by atoms with Gasteiger partial charge in [-0.15, -0.1) is 0 Å². The molecule has 3 aromatic carbocycles. The molecule has 7 heteroatoms. The van der Waals surface area contributed by atoms with Crippen molar-refractivity contribution in [2.45, 2.75) is 26.8 Å². The summed E-state index contributed by atoms with van der Waals surface area (Å²) in [5, 5.41) is 11.8. The van der Waals surface area contributed by atoms with E-state index < -0.39 is 17.7 Å². The molecule has 1 unspecified atom stereocenters. The predicted molar refractivity (Wildman–Crippen MR) is 136 cm³/mol. The summed E-state index contributed by atoms with van der Waals surface area (Å²) in [4.78, 5) is 28.1. The van der Waals surface area contributed by atoms with Crippen molar-refractivity contribution in [3.63, 3.8) is 0 Å². The van der Waals surface area contributed by atoms with Crippen molar-refractivity contribution in [3.8, 4) is 11.5 Å². The van der Waals surface area contributed by atoms with E-state index in [1.54, 1.807) is 67.8 Å². The first-order valence-corrected chi connectivity index (χ1v) is 11.6. The van der Waals surface area contributed by atoms with E-state index in [0.717, 1.165) is 11.1 Å². The number of ketones is 1. The van der Waals surface area contributed by atoms with Crippen LogP contribution in [0.25, 0.3) is 5.76 Å². The highest BCUT2D eigenvalue weighted by molar-refractivity contribution is 6.51. The van der Waals surface area contributed by atoms with Gasteiger partial charge in [0, 0.05) is 16.3 Å². The molecule has 0 aliphatic carbocycles. The molecule has 6 nitrogen and oxygen atoms in total. The number of rotatable bonds is 6. The van der Waals surface area contributed by atoms with Crippen LogP contribution in [0.15, 0.2) is 66.2 Å². The van der Waals surface area contributed by atoms with Gasteiger partial charge in [0.25, 0.3) is 11.7 Å². The Bertz CT molecular complexity index is 1350. The average Bonchev–Trinajstić information content (AvgIpc) is 3.12. The molecule has 1 aliphatic heterocycles. The van der Waals surface area contributed by atoms with Gasteiger partial charge in [0.05, 0.1) is 25.3 Å². The molecule has 1 amide bonds. The van der Waals surface area contributed by atoms with Crippen molar-refractivity contribution in [1.82, 2.24) is 0 Å². The molecule has 4 rings (SSSR count). The van der Waals surface area contributed by atoms with Crippen LogP contribution in [0.2, 0.25) is 5.02 Å². The Morgan fingerprint density at radius 3 is 2.46 bits per heavy atom. The fraction of sp³-hybridized carbons (Fsp3) is 0.214. The molecule has 3 aromatic rings. The Hall–Kier alpha value is -3.77. The van der Waals surface area contributed by atoms with Crippen molar-refractivity contribution in [3.05, 3.63) is 93.5 Å². The van der Waals surface area contributed by atoms with Crippen LogP contribution >= 0.6 is 11.6 Å². The zero-order valence-corrected chi connectivity index (χ0v) is 20.7. The highest BCUT2D eigenvalue weighted by atomic mass is 35.5. The first-order valence-electron chi connectivity index (χ1n) is 11.2. The molecule has 180 valence electrons. The summed E-state index contributed by atoms with van der Waals surface area (Å²) in [6.45, 7) is 6.11. The first-order chi connectivity index (χ1) is 16.8. The first kappa shape index (κ1) is 24.4. The number of hydrogen-bond donors (Lipinski definition) is 1. The van der Waals surface area contributed by atoms with E-state index in [9.17, 15) is 14.7 Å². The van der Waals surface area contributed by atoms with Gasteiger partial charge >= 0.3 is 0 Å². The molecule has 0 saturated carbocycles. The number of carbonyl (C=O) groups is 2. The molecule has 35 heavy (non-hydrogen) atoms. The van der Waals surface area contributed by atoms with E-state index in [-0.39, 0.29) is 11.3 Å². The molecule has 1 aliphatic rings. The minimum Gasteiger partial charge on any atom is -0.507 e. The maximum Gasteiger partial charge on any atom is 0.300 e. The monoisotopic (exact) mass is 491 g/mol. The van der Waals surface area contributed by atoms with Gasteiger partial charge in [-0.25, -0.2) is 0 Å². The number of aliphatic hydroxyl groups excluding tert-OH is 1. The van der Waals surface area contributed by atoms with Crippen LogP contribution in [0.1, 0.15) is 35.2 Å². The maximum atomic E-state index is 13.4. The maximum absolute atomic E-state index is 13.4. The third kappa shape index (κ3) is 4.49. The van der Waals surface area contributed by atoms with Crippen LogP contribution in [-0.4, -0.2) is 30.5 Å². The Morgan fingerprint density at radius 2 is 1.80 bits per heavy atom. The van der Waals surface area contributed by atoms with Gasteiger partial charge in [0.1, 0.15) is 17.3 Å². The summed E-state index contributed by atoms with van der Waals surface area (Å²) >= 11 is 6.35. The number of ether oxygens (including phenoxy) is 2. The number of nitrogens with zero attached hydrogens (tertiary/aromatic N) is 1. The summed E-state index contributed by atoms with van der Waals surface area (Å²) in [7, 11) is 1.54. The summed E-state index contributed by atoms with van der Waals surface area (Å²) < 4.78 is 11.0. The minimum atomic E-state index is -0.879. The molecule has 1 fully saturated rings. The Balaban J connectivity index is 1.93. The molecule has 1 atom stereocenters. The third-order valence-electron chi connectivity index (χ3n) is 6.04. The summed E-state index contributed by atoms with van der Waals surface area (Å²) in [5.41, 5.74) is 3.12. The van der Waals surface area contributed by atoms with Crippen LogP contribution in [0.4, 0.5) is 5.69 Å². The summed E-state index contributed by atoms with van der Waals surface area (Å²) in [5.74, 6) is -0.543. The number of anilines is 1. The lowest BCUT2D eigenvalue weighted by atomic mass is 9.94. The fourth-order valence-electron chi connectivity index (χ4n) is 4.23. The Kier molecular flexibility index (Phi) is 6.85. The molecule has 0 spiro atoms. The number of aryl methyl sites for hydroxylation is 2. The second kappa shape index (κ2) is 9.84. The lowest BCUT2D eigenvalue weighted by Crippen LogP contribution is -2.29. The highest BCUT2D eigenvalue weighted by Crippen LogP contribution is 2.43. The number of methoxy groups -OCH3 is 1. The van der Waals surface area contributed by atoms with Crippen molar-refractivity contribution < 1.29 is 24.2 Å².